The molecule has 1 unspecified atom stereocenters. The number of hydrogen-bond donors (Lipinski definition) is 3. The first-order valence-corrected chi connectivity index (χ1v) is 10.3. The van der Waals surface area contributed by atoms with E-state index in [1.54, 1.807) is 0 Å². The van der Waals surface area contributed by atoms with Crippen molar-refractivity contribution in [2.45, 2.75) is 17.4 Å². The van der Waals surface area contributed by atoms with Crippen LogP contribution < -0.4 is 16.0 Å². The first-order valence-electron chi connectivity index (χ1n) is 8.84. The van der Waals surface area contributed by atoms with Crippen molar-refractivity contribution in [3.63, 3.8) is 0 Å². The summed E-state index contributed by atoms with van der Waals surface area (Å²) < 4.78 is 66.6. The van der Waals surface area contributed by atoms with Crippen LogP contribution in [0, 0.1) is 17.5 Å². The molecule has 1 atom stereocenters. The standard InChI is InChI=1S/C18H15F3N4O4S/c19-12-6-10(7-13(20)16(12)21)23-17(26)9-1-2-14-15(5-9)30(28,29)25(18(27)24-14)11-3-4-22-8-11/h1-2,5-7,11,22H,3-4,8H2,(H,23,26)(H,24,27). The number of amides is 3. The van der Waals surface area contributed by atoms with Crippen molar-refractivity contribution in [2.24, 2.45) is 0 Å². The van der Waals surface area contributed by atoms with Crippen LogP contribution in [0.3, 0.4) is 0 Å². The van der Waals surface area contributed by atoms with E-state index in [4.69, 9.17) is 0 Å². The van der Waals surface area contributed by atoms with Crippen molar-refractivity contribution in [2.75, 3.05) is 23.7 Å². The Morgan fingerprint density at radius 3 is 2.47 bits per heavy atom. The van der Waals surface area contributed by atoms with Gasteiger partial charge in [0.1, 0.15) is 4.90 Å². The normalized spacial score (nSPS) is 19.9. The molecule has 0 spiro atoms. The van der Waals surface area contributed by atoms with Crippen LogP contribution in [0.5, 0.6) is 0 Å². The monoisotopic (exact) mass is 440 g/mol. The molecule has 2 aliphatic heterocycles. The summed E-state index contributed by atoms with van der Waals surface area (Å²) in [5, 5.41) is 7.66. The number of anilines is 2. The molecule has 12 heteroatoms. The Hall–Kier alpha value is -3.12. The van der Waals surface area contributed by atoms with Crippen LogP contribution in [-0.2, 0) is 10.0 Å². The van der Waals surface area contributed by atoms with E-state index in [-0.39, 0.29) is 21.8 Å². The second-order valence-corrected chi connectivity index (χ2v) is 8.58. The van der Waals surface area contributed by atoms with Crippen molar-refractivity contribution in [3.05, 3.63) is 53.3 Å². The van der Waals surface area contributed by atoms with Crippen molar-refractivity contribution in [3.8, 4) is 0 Å². The van der Waals surface area contributed by atoms with E-state index < -0.39 is 45.5 Å². The number of rotatable bonds is 3. The van der Waals surface area contributed by atoms with Crippen LogP contribution in [0.2, 0.25) is 0 Å². The number of carbonyl (C=O) groups is 2. The molecule has 2 aromatic carbocycles. The van der Waals surface area contributed by atoms with Gasteiger partial charge in [-0.2, -0.15) is 0 Å². The SMILES string of the molecule is O=C(Nc1cc(F)c(F)c(F)c1)c1ccc2c(c1)S(=O)(=O)N(C1CCNC1)C(=O)N2. The second-order valence-electron chi connectivity index (χ2n) is 6.80. The van der Waals surface area contributed by atoms with Crippen LogP contribution in [0.25, 0.3) is 0 Å². The molecular formula is C18H15F3N4O4S. The smallest absolute Gasteiger partial charge is 0.322 e. The summed E-state index contributed by atoms with van der Waals surface area (Å²) in [7, 11) is -4.23. The summed E-state index contributed by atoms with van der Waals surface area (Å²) >= 11 is 0. The molecule has 2 heterocycles. The third-order valence-corrected chi connectivity index (χ3v) is 6.71. The van der Waals surface area contributed by atoms with Crippen molar-refractivity contribution >= 4 is 33.3 Å². The molecule has 158 valence electrons. The minimum Gasteiger partial charge on any atom is -0.322 e. The first-order chi connectivity index (χ1) is 14.2. The highest BCUT2D eigenvalue weighted by Gasteiger charge is 2.42. The average molecular weight is 440 g/mol. The molecular weight excluding hydrogens is 425 g/mol. The zero-order valence-electron chi connectivity index (χ0n) is 15.2. The predicted octanol–water partition coefficient (Wildman–Crippen LogP) is 2.25. The topological polar surface area (TPSA) is 108 Å². The lowest BCUT2D eigenvalue weighted by Crippen LogP contribution is -2.50. The van der Waals surface area contributed by atoms with E-state index in [0.29, 0.717) is 31.6 Å². The Bertz CT molecular complexity index is 1140. The number of fused-ring (bicyclic) bond motifs is 1. The largest absolute Gasteiger partial charge is 0.336 e. The number of nitrogens with zero attached hydrogens (tertiary/aromatic N) is 1. The van der Waals surface area contributed by atoms with E-state index in [9.17, 15) is 31.2 Å². The van der Waals surface area contributed by atoms with Crippen molar-refractivity contribution < 1.29 is 31.2 Å². The van der Waals surface area contributed by atoms with Crippen LogP contribution in [0.15, 0.2) is 35.2 Å². The van der Waals surface area contributed by atoms with Crippen LogP contribution >= 0.6 is 0 Å². The molecule has 30 heavy (non-hydrogen) atoms. The Kier molecular flexibility index (Phi) is 4.90. The maximum atomic E-state index is 13.4. The van der Waals surface area contributed by atoms with E-state index in [1.807, 2.05) is 0 Å². The van der Waals surface area contributed by atoms with Gasteiger partial charge in [0.2, 0.25) is 0 Å². The molecule has 3 N–H and O–H groups in total. The summed E-state index contributed by atoms with van der Waals surface area (Å²) in [6.07, 6.45) is 0.448. The maximum absolute atomic E-state index is 13.4. The van der Waals surface area contributed by atoms with Gasteiger partial charge in [-0.3, -0.25) is 4.79 Å². The number of halogens is 3. The summed E-state index contributed by atoms with van der Waals surface area (Å²) in [4.78, 5) is 24.5. The zero-order valence-corrected chi connectivity index (χ0v) is 16.0. The third-order valence-electron chi connectivity index (χ3n) is 4.83. The Labute approximate surface area is 169 Å². The van der Waals surface area contributed by atoms with Gasteiger partial charge < -0.3 is 16.0 Å². The molecule has 2 aromatic rings. The quantitative estimate of drug-likeness (QED) is 0.635. The molecule has 0 aliphatic carbocycles. The first kappa shape index (κ1) is 20.2. The van der Waals surface area contributed by atoms with Gasteiger partial charge in [0.25, 0.3) is 15.9 Å². The van der Waals surface area contributed by atoms with Gasteiger partial charge in [-0.1, -0.05) is 0 Å². The number of hydrogen-bond acceptors (Lipinski definition) is 5. The van der Waals surface area contributed by atoms with Gasteiger partial charge in [-0.25, -0.2) is 30.7 Å². The number of urea groups is 1. The average Bonchev–Trinajstić information content (AvgIpc) is 3.19. The zero-order chi connectivity index (χ0) is 21.6. The van der Waals surface area contributed by atoms with E-state index >= 15 is 0 Å². The summed E-state index contributed by atoms with van der Waals surface area (Å²) in [6.45, 7) is 0.869. The molecule has 0 radical (unpaired) electrons. The molecule has 1 saturated heterocycles. The summed E-state index contributed by atoms with van der Waals surface area (Å²) in [5.74, 6) is -5.52. The van der Waals surface area contributed by atoms with E-state index in [1.165, 1.54) is 12.1 Å². The van der Waals surface area contributed by atoms with Gasteiger partial charge >= 0.3 is 6.03 Å². The lowest BCUT2D eigenvalue weighted by atomic mass is 10.1. The fourth-order valence-corrected chi connectivity index (χ4v) is 5.12. The second kappa shape index (κ2) is 7.29. The Balaban J connectivity index is 1.66. The molecule has 2 aliphatic rings. The lowest BCUT2D eigenvalue weighted by molar-refractivity contribution is 0.102. The van der Waals surface area contributed by atoms with Gasteiger partial charge in [0, 0.05) is 29.9 Å². The van der Waals surface area contributed by atoms with Gasteiger partial charge in [0.05, 0.1) is 11.7 Å². The molecule has 0 bridgehead atoms. The molecule has 8 nitrogen and oxygen atoms in total. The highest BCUT2D eigenvalue weighted by Crippen LogP contribution is 2.33. The van der Waals surface area contributed by atoms with Crippen molar-refractivity contribution in [1.82, 2.24) is 9.62 Å². The van der Waals surface area contributed by atoms with Crippen LogP contribution in [0.4, 0.5) is 29.3 Å². The third kappa shape index (κ3) is 3.37. The molecule has 3 amide bonds. The Morgan fingerprint density at radius 2 is 1.83 bits per heavy atom. The summed E-state index contributed by atoms with van der Waals surface area (Å²) in [6, 6.07) is 3.39. The molecule has 0 saturated carbocycles. The molecule has 0 aromatic heterocycles. The van der Waals surface area contributed by atoms with E-state index in [0.717, 1.165) is 10.4 Å². The fraction of sp³-hybridized carbons (Fsp3) is 0.222. The van der Waals surface area contributed by atoms with E-state index in [2.05, 4.69) is 16.0 Å². The lowest BCUT2D eigenvalue weighted by Gasteiger charge is -2.32. The van der Waals surface area contributed by atoms with Crippen molar-refractivity contribution in [1.29, 1.82) is 0 Å². The predicted molar refractivity (Wildman–Crippen MR) is 100 cm³/mol. The minimum absolute atomic E-state index is 0.0117. The Morgan fingerprint density at radius 1 is 1.13 bits per heavy atom. The molecule has 4 rings (SSSR count). The van der Waals surface area contributed by atoms with Gasteiger partial charge in [0.15, 0.2) is 17.5 Å². The fourth-order valence-electron chi connectivity index (χ4n) is 3.40. The minimum atomic E-state index is -4.23. The number of sulfonamides is 1. The van der Waals surface area contributed by atoms with Gasteiger partial charge in [-0.05, 0) is 31.2 Å². The van der Waals surface area contributed by atoms with Crippen LogP contribution in [-0.4, -0.2) is 43.8 Å². The maximum Gasteiger partial charge on any atom is 0.336 e. The highest BCUT2D eigenvalue weighted by atomic mass is 32.2. The number of carbonyl (C=O) groups excluding carboxylic acids is 2. The van der Waals surface area contributed by atoms with Gasteiger partial charge in [-0.15, -0.1) is 0 Å². The number of benzene rings is 2. The highest BCUT2D eigenvalue weighted by molar-refractivity contribution is 7.90. The summed E-state index contributed by atoms with van der Waals surface area (Å²) in [5.41, 5.74) is -0.468. The number of nitrogens with one attached hydrogen (secondary N) is 3. The van der Waals surface area contributed by atoms with Crippen LogP contribution in [0.1, 0.15) is 16.8 Å². The molecule has 1 fully saturated rings.